The van der Waals surface area contributed by atoms with E-state index in [9.17, 15) is 0 Å². The molecule has 1 aliphatic carbocycles. The number of rotatable bonds is 2. The molecule has 0 radical (unpaired) electrons. The quantitative estimate of drug-likeness (QED) is 0.208. The van der Waals surface area contributed by atoms with E-state index >= 15 is 0 Å². The number of benzene rings is 5. The van der Waals surface area contributed by atoms with Gasteiger partial charge >= 0.3 is 0 Å². The Balaban J connectivity index is 1.35. The molecule has 0 spiro atoms. The fourth-order valence-corrected chi connectivity index (χ4v) is 7.25. The molecule has 0 aliphatic heterocycles. The van der Waals surface area contributed by atoms with Gasteiger partial charge in [-0.3, -0.25) is 0 Å². The third-order valence-corrected chi connectivity index (χ3v) is 9.77. The molecule has 0 bridgehead atoms. The predicted molar refractivity (Wildman–Crippen MR) is 174 cm³/mol. The van der Waals surface area contributed by atoms with Crippen LogP contribution in [0.15, 0.2) is 101 Å². The number of hydrogen-bond acceptors (Lipinski definition) is 1. The minimum Gasteiger partial charge on any atom is -0.456 e. The SMILES string of the molecule is CC1(C)CCC(C)(C)c2cc(-n3c4ccccc4c4ccc(-c5ccc6c(c5)oc5ccc(Cl)cc56)cc43)ccc21. The molecule has 0 amide bonds. The molecular weight excluding hydrogens is 522 g/mol. The van der Waals surface area contributed by atoms with Crippen LogP contribution in [-0.4, -0.2) is 4.57 Å². The molecule has 5 aromatic carbocycles. The van der Waals surface area contributed by atoms with Crippen molar-refractivity contribution in [2.75, 3.05) is 0 Å². The first-order valence-electron chi connectivity index (χ1n) is 14.5. The van der Waals surface area contributed by atoms with Crippen molar-refractivity contribution in [3.8, 4) is 16.8 Å². The lowest BCUT2D eigenvalue weighted by Gasteiger charge is -2.42. The minimum absolute atomic E-state index is 0.150. The highest BCUT2D eigenvalue weighted by Gasteiger charge is 2.37. The van der Waals surface area contributed by atoms with E-state index in [1.165, 1.54) is 57.0 Å². The average Bonchev–Trinajstić information content (AvgIpc) is 3.49. The maximum absolute atomic E-state index is 6.28. The molecule has 2 heterocycles. The first-order chi connectivity index (χ1) is 19.7. The van der Waals surface area contributed by atoms with E-state index in [0.717, 1.165) is 32.5 Å². The number of aromatic nitrogens is 1. The van der Waals surface area contributed by atoms with Gasteiger partial charge in [0.15, 0.2) is 0 Å². The van der Waals surface area contributed by atoms with E-state index in [4.69, 9.17) is 16.0 Å². The summed E-state index contributed by atoms with van der Waals surface area (Å²) < 4.78 is 8.68. The van der Waals surface area contributed by atoms with E-state index in [1.54, 1.807) is 0 Å². The molecule has 8 rings (SSSR count). The molecule has 7 aromatic rings. The molecule has 1 aliphatic rings. The summed E-state index contributed by atoms with van der Waals surface area (Å²) in [5.74, 6) is 0. The normalized spacial score (nSPS) is 16.1. The van der Waals surface area contributed by atoms with Gasteiger partial charge in [-0.1, -0.05) is 81.8 Å². The lowest BCUT2D eigenvalue weighted by Crippen LogP contribution is -2.33. The molecule has 3 heteroatoms. The Morgan fingerprint density at radius 2 is 1.29 bits per heavy atom. The van der Waals surface area contributed by atoms with Crippen LogP contribution in [0.4, 0.5) is 0 Å². The summed E-state index contributed by atoms with van der Waals surface area (Å²) in [7, 11) is 0. The monoisotopic (exact) mass is 553 g/mol. The maximum Gasteiger partial charge on any atom is 0.136 e. The van der Waals surface area contributed by atoms with Crippen molar-refractivity contribution in [1.29, 1.82) is 0 Å². The van der Waals surface area contributed by atoms with Crippen LogP contribution in [0.25, 0.3) is 60.6 Å². The Labute approximate surface area is 245 Å². The van der Waals surface area contributed by atoms with Crippen LogP contribution in [0.2, 0.25) is 5.02 Å². The average molecular weight is 554 g/mol. The molecule has 0 saturated heterocycles. The molecule has 0 saturated carbocycles. The highest BCUT2D eigenvalue weighted by atomic mass is 35.5. The molecule has 0 atom stereocenters. The summed E-state index contributed by atoms with van der Waals surface area (Å²) in [5, 5.41) is 5.39. The lowest BCUT2D eigenvalue weighted by molar-refractivity contribution is 0.332. The van der Waals surface area contributed by atoms with Gasteiger partial charge < -0.3 is 8.98 Å². The van der Waals surface area contributed by atoms with Crippen molar-refractivity contribution in [3.05, 3.63) is 113 Å². The summed E-state index contributed by atoms with van der Waals surface area (Å²) >= 11 is 6.28. The zero-order valence-electron chi connectivity index (χ0n) is 23.9. The first kappa shape index (κ1) is 24.8. The van der Waals surface area contributed by atoms with Crippen LogP contribution in [0.1, 0.15) is 51.7 Å². The smallest absolute Gasteiger partial charge is 0.136 e. The number of nitrogens with zero attached hydrogens (tertiary/aromatic N) is 1. The second kappa shape index (κ2) is 8.50. The second-order valence-corrected chi connectivity index (χ2v) is 13.5. The van der Waals surface area contributed by atoms with E-state index in [1.807, 2.05) is 18.2 Å². The van der Waals surface area contributed by atoms with Crippen LogP contribution in [0.3, 0.4) is 0 Å². The number of hydrogen-bond donors (Lipinski definition) is 0. The summed E-state index contributed by atoms with van der Waals surface area (Å²) in [6, 6.07) is 35.1. The zero-order chi connectivity index (χ0) is 28.1. The third kappa shape index (κ3) is 3.70. The summed E-state index contributed by atoms with van der Waals surface area (Å²) in [5.41, 5.74) is 11.0. The topological polar surface area (TPSA) is 18.1 Å². The Bertz CT molecular complexity index is 2170. The Morgan fingerprint density at radius 3 is 2.12 bits per heavy atom. The van der Waals surface area contributed by atoms with Crippen LogP contribution < -0.4 is 0 Å². The molecule has 0 fully saturated rings. The number of para-hydroxylation sites is 1. The van der Waals surface area contributed by atoms with Gasteiger partial charge in [0.25, 0.3) is 0 Å². The lowest BCUT2D eigenvalue weighted by atomic mass is 9.63. The Kier molecular flexibility index (Phi) is 5.13. The molecular formula is C38H32ClNO. The fraction of sp³-hybridized carbons (Fsp3) is 0.211. The molecule has 41 heavy (non-hydrogen) atoms. The van der Waals surface area contributed by atoms with Gasteiger partial charge in [0.2, 0.25) is 0 Å². The second-order valence-electron chi connectivity index (χ2n) is 13.0. The highest BCUT2D eigenvalue weighted by Crippen LogP contribution is 2.47. The van der Waals surface area contributed by atoms with Gasteiger partial charge in [0, 0.05) is 32.3 Å². The number of furan rings is 1. The largest absolute Gasteiger partial charge is 0.456 e. The zero-order valence-corrected chi connectivity index (χ0v) is 24.6. The van der Waals surface area contributed by atoms with Crippen LogP contribution >= 0.6 is 11.6 Å². The van der Waals surface area contributed by atoms with E-state index in [2.05, 4.69) is 111 Å². The van der Waals surface area contributed by atoms with Gasteiger partial charge in [-0.15, -0.1) is 0 Å². The molecule has 202 valence electrons. The van der Waals surface area contributed by atoms with Crippen molar-refractivity contribution in [3.63, 3.8) is 0 Å². The van der Waals surface area contributed by atoms with Crippen molar-refractivity contribution in [1.82, 2.24) is 4.57 Å². The van der Waals surface area contributed by atoms with E-state index < -0.39 is 0 Å². The highest BCUT2D eigenvalue weighted by molar-refractivity contribution is 6.31. The summed E-state index contributed by atoms with van der Waals surface area (Å²) in [4.78, 5) is 0. The maximum atomic E-state index is 6.28. The van der Waals surface area contributed by atoms with E-state index in [-0.39, 0.29) is 10.8 Å². The van der Waals surface area contributed by atoms with Crippen molar-refractivity contribution >= 4 is 55.3 Å². The van der Waals surface area contributed by atoms with Crippen LogP contribution in [0.5, 0.6) is 0 Å². The van der Waals surface area contributed by atoms with Gasteiger partial charge in [0.1, 0.15) is 11.2 Å². The number of halogens is 1. The standard InChI is InChI=1S/C38H32ClNO/c1-37(2)17-18-38(3,4)32-22-26(12-15-31(32)37)40-33-8-6-5-7-27(33)28-13-9-23(19-34(28)40)24-10-14-29-30-21-25(39)11-16-35(30)41-36(29)20-24/h5-16,19-22H,17-18H2,1-4H3. The summed E-state index contributed by atoms with van der Waals surface area (Å²) in [6.07, 6.45) is 2.41. The molecule has 0 unspecified atom stereocenters. The Morgan fingerprint density at radius 1 is 0.585 bits per heavy atom. The van der Waals surface area contributed by atoms with Crippen LogP contribution in [-0.2, 0) is 10.8 Å². The van der Waals surface area contributed by atoms with Gasteiger partial charge in [-0.25, -0.2) is 0 Å². The van der Waals surface area contributed by atoms with Gasteiger partial charge in [0.05, 0.1) is 11.0 Å². The number of fused-ring (bicyclic) bond motifs is 7. The van der Waals surface area contributed by atoms with Crippen molar-refractivity contribution in [2.45, 2.75) is 51.4 Å². The van der Waals surface area contributed by atoms with Gasteiger partial charge in [-0.2, -0.15) is 0 Å². The molecule has 2 aromatic heterocycles. The third-order valence-electron chi connectivity index (χ3n) is 9.54. The fourth-order valence-electron chi connectivity index (χ4n) is 7.07. The van der Waals surface area contributed by atoms with Crippen molar-refractivity contribution in [2.24, 2.45) is 0 Å². The van der Waals surface area contributed by atoms with E-state index in [0.29, 0.717) is 0 Å². The molecule has 2 nitrogen and oxygen atoms in total. The summed E-state index contributed by atoms with van der Waals surface area (Å²) in [6.45, 7) is 9.58. The first-order valence-corrected chi connectivity index (χ1v) is 14.9. The van der Waals surface area contributed by atoms with Crippen molar-refractivity contribution < 1.29 is 4.42 Å². The molecule has 0 N–H and O–H groups in total. The minimum atomic E-state index is 0.150. The predicted octanol–water partition coefficient (Wildman–Crippen LogP) is 11.4. The van der Waals surface area contributed by atoms with Gasteiger partial charge in [-0.05, 0) is 101 Å². The Hall–Kier alpha value is -4.01. The van der Waals surface area contributed by atoms with Crippen LogP contribution in [0, 0.1) is 0 Å².